The zero-order valence-corrected chi connectivity index (χ0v) is 16.9. The minimum atomic E-state index is 0.222. The summed E-state index contributed by atoms with van der Waals surface area (Å²) in [6.45, 7) is 9.02. The fraction of sp³-hybridized carbons (Fsp3) is 0.682. The number of para-hydroxylation sites is 1. The van der Waals surface area contributed by atoms with Crippen LogP contribution in [0.1, 0.15) is 49.9 Å². The van der Waals surface area contributed by atoms with Crippen LogP contribution in [0.15, 0.2) is 24.3 Å². The van der Waals surface area contributed by atoms with Crippen LogP contribution in [-0.2, 0) is 0 Å². The van der Waals surface area contributed by atoms with Crippen LogP contribution >= 0.6 is 0 Å². The van der Waals surface area contributed by atoms with Crippen LogP contribution in [0, 0.1) is 11.8 Å². The number of benzene rings is 1. The fourth-order valence-electron chi connectivity index (χ4n) is 4.57. The normalized spacial score (nSPS) is 23.8. The first-order valence-electron chi connectivity index (χ1n) is 10.3. The molecule has 2 saturated heterocycles. The van der Waals surface area contributed by atoms with E-state index in [1.54, 1.807) is 0 Å². The SMILES string of the molecule is CC(C)CCN1CC[C@@H]2[C@H](CCCN2C(=O)c2ccccc2N(C)C)C1. The summed E-state index contributed by atoms with van der Waals surface area (Å²) in [7, 11) is 4.02. The Morgan fingerprint density at radius 2 is 1.96 bits per heavy atom. The average Bonchev–Trinajstić information content (AvgIpc) is 2.65. The topological polar surface area (TPSA) is 26.8 Å². The van der Waals surface area contributed by atoms with Crippen molar-refractivity contribution < 1.29 is 4.79 Å². The van der Waals surface area contributed by atoms with Crippen molar-refractivity contribution in [1.82, 2.24) is 9.80 Å². The second-order valence-corrected chi connectivity index (χ2v) is 8.65. The summed E-state index contributed by atoms with van der Waals surface area (Å²) in [6.07, 6.45) is 4.80. The first-order chi connectivity index (χ1) is 12.5. The van der Waals surface area contributed by atoms with Gasteiger partial charge in [-0.1, -0.05) is 26.0 Å². The Kier molecular flexibility index (Phi) is 6.23. The molecule has 0 aliphatic carbocycles. The van der Waals surface area contributed by atoms with Crippen LogP contribution in [-0.4, -0.2) is 62.0 Å². The lowest BCUT2D eigenvalue weighted by Gasteiger charge is -2.47. The average molecular weight is 358 g/mol. The molecule has 0 bridgehead atoms. The molecule has 2 heterocycles. The molecule has 1 aromatic rings. The number of hydrogen-bond acceptors (Lipinski definition) is 3. The van der Waals surface area contributed by atoms with Gasteiger partial charge in [-0.25, -0.2) is 0 Å². The van der Waals surface area contributed by atoms with Gasteiger partial charge < -0.3 is 14.7 Å². The van der Waals surface area contributed by atoms with Crippen molar-refractivity contribution in [1.29, 1.82) is 0 Å². The summed E-state index contributed by atoms with van der Waals surface area (Å²) in [5, 5.41) is 0. The third kappa shape index (κ3) is 4.22. The maximum absolute atomic E-state index is 13.4. The Hall–Kier alpha value is -1.55. The Bertz CT molecular complexity index is 613. The van der Waals surface area contributed by atoms with E-state index >= 15 is 0 Å². The minimum Gasteiger partial charge on any atom is -0.377 e. The van der Waals surface area contributed by atoms with E-state index in [4.69, 9.17) is 0 Å². The molecule has 4 nitrogen and oxygen atoms in total. The minimum absolute atomic E-state index is 0.222. The highest BCUT2D eigenvalue weighted by molar-refractivity contribution is 6.00. The van der Waals surface area contributed by atoms with Gasteiger partial charge in [0.1, 0.15) is 0 Å². The molecule has 0 N–H and O–H groups in total. The number of hydrogen-bond donors (Lipinski definition) is 0. The summed E-state index contributed by atoms with van der Waals surface area (Å²) in [5.74, 6) is 1.62. The monoisotopic (exact) mass is 357 g/mol. The number of carbonyl (C=O) groups excluding carboxylic acids is 1. The van der Waals surface area contributed by atoms with Gasteiger partial charge in [-0.05, 0) is 56.2 Å². The molecular weight excluding hydrogens is 322 g/mol. The lowest BCUT2D eigenvalue weighted by Crippen LogP contribution is -2.56. The van der Waals surface area contributed by atoms with Crippen LogP contribution in [0.2, 0.25) is 0 Å². The first-order valence-corrected chi connectivity index (χ1v) is 10.3. The third-order valence-electron chi connectivity index (χ3n) is 6.05. The van der Waals surface area contributed by atoms with Gasteiger partial charge in [-0.3, -0.25) is 4.79 Å². The van der Waals surface area contributed by atoms with Gasteiger partial charge in [-0.2, -0.15) is 0 Å². The van der Waals surface area contributed by atoms with Crippen molar-refractivity contribution in [2.45, 2.75) is 45.6 Å². The molecule has 2 fully saturated rings. The number of amides is 1. The maximum atomic E-state index is 13.4. The summed E-state index contributed by atoms with van der Waals surface area (Å²) in [4.78, 5) is 20.2. The quantitative estimate of drug-likeness (QED) is 0.803. The molecule has 0 saturated carbocycles. The lowest BCUT2D eigenvalue weighted by atomic mass is 9.83. The summed E-state index contributed by atoms with van der Waals surface area (Å²) < 4.78 is 0. The molecule has 2 aliphatic rings. The van der Waals surface area contributed by atoms with E-state index in [1.807, 2.05) is 43.3 Å². The third-order valence-corrected chi connectivity index (χ3v) is 6.05. The van der Waals surface area contributed by atoms with Crippen LogP contribution < -0.4 is 4.90 Å². The molecule has 1 amide bonds. The fourth-order valence-corrected chi connectivity index (χ4v) is 4.57. The Balaban J connectivity index is 1.71. The maximum Gasteiger partial charge on any atom is 0.256 e. The molecule has 0 aromatic heterocycles. The molecular formula is C22H35N3O. The van der Waals surface area contributed by atoms with Crippen molar-refractivity contribution in [3.05, 3.63) is 29.8 Å². The van der Waals surface area contributed by atoms with E-state index in [1.165, 1.54) is 19.4 Å². The number of nitrogens with zero attached hydrogens (tertiary/aromatic N) is 3. The Morgan fingerprint density at radius 1 is 1.19 bits per heavy atom. The van der Waals surface area contributed by atoms with E-state index in [-0.39, 0.29) is 5.91 Å². The van der Waals surface area contributed by atoms with Crippen molar-refractivity contribution >= 4 is 11.6 Å². The van der Waals surface area contributed by atoms with Crippen molar-refractivity contribution in [2.75, 3.05) is 45.2 Å². The largest absolute Gasteiger partial charge is 0.377 e. The van der Waals surface area contributed by atoms with Crippen LogP contribution in [0.25, 0.3) is 0 Å². The van der Waals surface area contributed by atoms with Gasteiger partial charge in [0, 0.05) is 45.5 Å². The molecule has 26 heavy (non-hydrogen) atoms. The predicted molar refractivity (Wildman–Crippen MR) is 109 cm³/mol. The second-order valence-electron chi connectivity index (χ2n) is 8.65. The van der Waals surface area contributed by atoms with Gasteiger partial charge in [-0.15, -0.1) is 0 Å². The Morgan fingerprint density at radius 3 is 2.69 bits per heavy atom. The van der Waals surface area contributed by atoms with Crippen LogP contribution in [0.4, 0.5) is 5.69 Å². The van der Waals surface area contributed by atoms with Gasteiger partial charge in [0.25, 0.3) is 5.91 Å². The van der Waals surface area contributed by atoms with E-state index in [9.17, 15) is 4.79 Å². The van der Waals surface area contributed by atoms with Gasteiger partial charge in [0.2, 0.25) is 0 Å². The molecule has 2 aliphatic heterocycles. The molecule has 2 atom stereocenters. The molecule has 4 heteroatoms. The van der Waals surface area contributed by atoms with E-state index in [2.05, 4.69) is 23.6 Å². The van der Waals surface area contributed by atoms with E-state index in [0.29, 0.717) is 12.0 Å². The van der Waals surface area contributed by atoms with E-state index in [0.717, 1.165) is 49.6 Å². The standard InChI is InChI=1S/C22H35N3O/c1-17(2)11-14-24-15-12-20-18(16-24)8-7-13-25(20)22(26)19-9-5-6-10-21(19)23(3)4/h5-6,9-10,17-18,20H,7-8,11-16H2,1-4H3/t18-,20-/m1/s1. The zero-order valence-electron chi connectivity index (χ0n) is 16.9. The number of likely N-dealkylation sites (tertiary alicyclic amines) is 2. The number of piperidine rings is 2. The molecule has 0 spiro atoms. The van der Waals surface area contributed by atoms with Crippen molar-refractivity contribution in [3.63, 3.8) is 0 Å². The highest BCUT2D eigenvalue weighted by atomic mass is 16.2. The van der Waals surface area contributed by atoms with Crippen molar-refractivity contribution in [2.24, 2.45) is 11.8 Å². The summed E-state index contributed by atoms with van der Waals surface area (Å²) >= 11 is 0. The number of rotatable bonds is 5. The highest BCUT2D eigenvalue weighted by Gasteiger charge is 2.38. The van der Waals surface area contributed by atoms with Gasteiger partial charge in [0.15, 0.2) is 0 Å². The number of anilines is 1. The van der Waals surface area contributed by atoms with Crippen LogP contribution in [0.3, 0.4) is 0 Å². The van der Waals surface area contributed by atoms with Crippen molar-refractivity contribution in [3.8, 4) is 0 Å². The van der Waals surface area contributed by atoms with E-state index < -0.39 is 0 Å². The predicted octanol–water partition coefficient (Wildman–Crippen LogP) is 3.73. The lowest BCUT2D eigenvalue weighted by molar-refractivity contribution is 0.0194. The molecule has 1 aromatic carbocycles. The molecule has 0 radical (unpaired) electrons. The van der Waals surface area contributed by atoms with Gasteiger partial charge >= 0.3 is 0 Å². The Labute approximate surface area is 159 Å². The number of carbonyl (C=O) groups is 1. The second kappa shape index (κ2) is 8.43. The molecule has 144 valence electrons. The number of fused-ring (bicyclic) bond motifs is 1. The van der Waals surface area contributed by atoms with Gasteiger partial charge in [0.05, 0.1) is 5.56 Å². The smallest absolute Gasteiger partial charge is 0.256 e. The summed E-state index contributed by atoms with van der Waals surface area (Å²) in [5.41, 5.74) is 1.87. The molecule has 3 rings (SSSR count). The van der Waals surface area contributed by atoms with Crippen LogP contribution in [0.5, 0.6) is 0 Å². The zero-order chi connectivity index (χ0) is 18.7. The first kappa shape index (κ1) is 19.2. The highest BCUT2D eigenvalue weighted by Crippen LogP contribution is 2.33. The summed E-state index contributed by atoms with van der Waals surface area (Å²) in [6, 6.07) is 8.44. The molecule has 0 unspecified atom stereocenters.